The zero-order valence-corrected chi connectivity index (χ0v) is 35.7. The molecule has 1 atom stereocenters. The first-order valence-corrected chi connectivity index (χ1v) is 22.4. The highest BCUT2D eigenvalue weighted by Crippen LogP contribution is 2.58. The summed E-state index contributed by atoms with van der Waals surface area (Å²) in [5.41, 5.74) is 20.1. The standard InChI is InChI=1S/C62H43N3/c63-42-43-16-15-19-46(38-43)44-26-31-52(32-27-44)65-60-35-29-48(40-58(60)61(65)36-13-4-14-37-61)47-28-34-59(55(39-47)45-17-5-1-6-18-45)64-51-30-33-54-53-24-11-12-25-56(53)62(57(54)41-51,49-20-7-2-8-21-49)50-22-9-3-10-23-50/h1-36,38-41,64H,37H2. The first-order chi connectivity index (χ1) is 32.1. The molecule has 3 nitrogen and oxygen atoms in total. The van der Waals surface area contributed by atoms with Gasteiger partial charge in [-0.05, 0) is 128 Å². The van der Waals surface area contributed by atoms with Crippen LogP contribution < -0.4 is 10.2 Å². The largest absolute Gasteiger partial charge is 0.355 e. The number of hydrogen-bond donors (Lipinski definition) is 1. The number of rotatable bonds is 8. The van der Waals surface area contributed by atoms with Crippen LogP contribution in [0.2, 0.25) is 0 Å². The van der Waals surface area contributed by atoms with Gasteiger partial charge in [0.1, 0.15) is 0 Å². The lowest BCUT2D eigenvalue weighted by atomic mass is 9.67. The number of fused-ring (bicyclic) bond motifs is 5. The van der Waals surface area contributed by atoms with Crippen molar-refractivity contribution in [3.05, 3.63) is 276 Å². The predicted molar refractivity (Wildman–Crippen MR) is 268 cm³/mol. The van der Waals surface area contributed by atoms with Gasteiger partial charge in [0.25, 0.3) is 0 Å². The zero-order chi connectivity index (χ0) is 43.4. The van der Waals surface area contributed by atoms with Gasteiger partial charge in [0.2, 0.25) is 0 Å². The van der Waals surface area contributed by atoms with Gasteiger partial charge in [0.05, 0.1) is 22.6 Å². The van der Waals surface area contributed by atoms with Crippen molar-refractivity contribution in [2.24, 2.45) is 0 Å². The molecule has 1 unspecified atom stereocenters. The Morgan fingerprint density at radius 2 is 1.11 bits per heavy atom. The van der Waals surface area contributed by atoms with Crippen molar-refractivity contribution >= 4 is 22.7 Å². The Labute approximate surface area is 380 Å². The van der Waals surface area contributed by atoms with Crippen molar-refractivity contribution in [1.82, 2.24) is 0 Å². The van der Waals surface area contributed by atoms with Gasteiger partial charge in [0.15, 0.2) is 0 Å². The Morgan fingerprint density at radius 1 is 0.462 bits per heavy atom. The average molecular weight is 830 g/mol. The third kappa shape index (κ3) is 6.10. The highest BCUT2D eigenvalue weighted by molar-refractivity contribution is 5.91. The minimum absolute atomic E-state index is 0.284. The molecule has 0 radical (unpaired) electrons. The van der Waals surface area contributed by atoms with Crippen LogP contribution in [0.25, 0.3) is 44.5 Å². The molecule has 0 saturated carbocycles. The van der Waals surface area contributed by atoms with Crippen LogP contribution in [-0.2, 0) is 11.0 Å². The maximum atomic E-state index is 9.48. The first-order valence-electron chi connectivity index (χ1n) is 22.4. The second kappa shape index (κ2) is 15.4. The topological polar surface area (TPSA) is 39.1 Å². The Morgan fingerprint density at radius 3 is 1.85 bits per heavy atom. The molecule has 9 aromatic rings. The van der Waals surface area contributed by atoms with Gasteiger partial charge in [-0.15, -0.1) is 0 Å². The van der Waals surface area contributed by atoms with Crippen molar-refractivity contribution in [1.29, 1.82) is 5.26 Å². The summed E-state index contributed by atoms with van der Waals surface area (Å²) >= 11 is 0. The SMILES string of the molecule is N#Cc1cccc(-c2ccc(N3c4ccc(-c5ccc(Nc6ccc7c(c6)C(c6ccccc6)(c6ccccc6)c6ccccc6-7)c(-c6ccccc6)c5)cc4C34C=CC=CC4)cc2)c1. The molecule has 2 aliphatic carbocycles. The summed E-state index contributed by atoms with van der Waals surface area (Å²) in [6.45, 7) is 0. The van der Waals surface area contributed by atoms with Crippen molar-refractivity contribution in [2.45, 2.75) is 17.4 Å². The predicted octanol–water partition coefficient (Wildman–Crippen LogP) is 15.5. The molecule has 3 heteroatoms. The van der Waals surface area contributed by atoms with E-state index in [1.54, 1.807) is 0 Å². The molecule has 0 bridgehead atoms. The van der Waals surface area contributed by atoms with E-state index in [9.17, 15) is 5.26 Å². The van der Waals surface area contributed by atoms with Crippen molar-refractivity contribution in [3.8, 4) is 50.6 Å². The fourth-order valence-corrected chi connectivity index (χ4v) is 10.8. The van der Waals surface area contributed by atoms with Crippen LogP contribution in [0.4, 0.5) is 22.7 Å². The minimum Gasteiger partial charge on any atom is -0.355 e. The summed E-state index contributed by atoms with van der Waals surface area (Å²) < 4.78 is 0. The number of anilines is 4. The van der Waals surface area contributed by atoms with Crippen molar-refractivity contribution < 1.29 is 0 Å². The maximum Gasteiger partial charge on any atom is 0.0991 e. The molecule has 65 heavy (non-hydrogen) atoms. The van der Waals surface area contributed by atoms with Crippen LogP contribution in [-0.4, -0.2) is 0 Å². The van der Waals surface area contributed by atoms with Gasteiger partial charge in [-0.1, -0.05) is 182 Å². The molecule has 0 saturated heterocycles. The molecule has 12 rings (SSSR count). The normalized spacial score (nSPS) is 16.0. The summed E-state index contributed by atoms with van der Waals surface area (Å²) in [5.74, 6) is 0. The van der Waals surface area contributed by atoms with E-state index in [1.165, 1.54) is 55.8 Å². The van der Waals surface area contributed by atoms with Crippen LogP contribution in [0.1, 0.15) is 39.8 Å². The molecule has 3 aliphatic rings. The fourth-order valence-electron chi connectivity index (χ4n) is 10.8. The lowest BCUT2D eigenvalue weighted by Gasteiger charge is -2.54. The molecule has 0 aromatic heterocycles. The van der Waals surface area contributed by atoms with Crippen molar-refractivity contribution in [2.75, 3.05) is 10.2 Å². The maximum absolute atomic E-state index is 9.48. The highest BCUT2D eigenvalue weighted by Gasteiger charge is 2.49. The molecular weight excluding hydrogens is 787 g/mol. The highest BCUT2D eigenvalue weighted by atomic mass is 15.3. The third-order valence-corrected chi connectivity index (χ3v) is 13.8. The van der Waals surface area contributed by atoms with E-state index in [0.29, 0.717) is 5.56 Å². The van der Waals surface area contributed by atoms with Crippen LogP contribution >= 0.6 is 0 Å². The lowest BCUT2D eigenvalue weighted by molar-refractivity contribution is 0.497. The fraction of sp³-hybridized carbons (Fsp3) is 0.0484. The molecule has 1 spiro atoms. The number of nitrogens with one attached hydrogen (secondary N) is 1. The van der Waals surface area contributed by atoms with E-state index in [0.717, 1.165) is 45.7 Å². The Kier molecular flexibility index (Phi) is 9.07. The number of hydrogen-bond acceptors (Lipinski definition) is 3. The smallest absolute Gasteiger partial charge is 0.0991 e. The van der Waals surface area contributed by atoms with Crippen LogP contribution in [0.3, 0.4) is 0 Å². The third-order valence-electron chi connectivity index (χ3n) is 13.8. The summed E-state index contributed by atoms with van der Waals surface area (Å²) in [6.07, 6.45) is 9.84. The summed E-state index contributed by atoms with van der Waals surface area (Å²) in [7, 11) is 0. The summed E-state index contributed by atoms with van der Waals surface area (Å²) in [5, 5.41) is 13.4. The average Bonchev–Trinajstić information content (AvgIpc) is 3.68. The molecular formula is C62H43N3. The quantitative estimate of drug-likeness (QED) is 0.166. The number of nitrogens with zero attached hydrogens (tertiary/aromatic N) is 2. The van der Waals surface area contributed by atoms with Gasteiger partial charge in [0, 0.05) is 33.9 Å². The number of nitriles is 1. The van der Waals surface area contributed by atoms with Gasteiger partial charge >= 0.3 is 0 Å². The molecule has 0 amide bonds. The van der Waals surface area contributed by atoms with E-state index in [-0.39, 0.29) is 5.54 Å². The molecule has 1 heterocycles. The number of benzene rings is 9. The molecule has 306 valence electrons. The molecule has 9 aromatic carbocycles. The Balaban J connectivity index is 0.924. The van der Waals surface area contributed by atoms with Crippen molar-refractivity contribution in [3.63, 3.8) is 0 Å². The second-order valence-electron chi connectivity index (χ2n) is 17.3. The lowest BCUT2D eigenvalue weighted by Crippen LogP contribution is -2.51. The molecule has 1 aliphatic heterocycles. The van der Waals surface area contributed by atoms with E-state index < -0.39 is 5.41 Å². The Hall–Kier alpha value is -8.45. The molecule has 0 fully saturated rings. The zero-order valence-electron chi connectivity index (χ0n) is 35.7. The summed E-state index contributed by atoms with van der Waals surface area (Å²) in [6, 6.07) is 81.2. The van der Waals surface area contributed by atoms with Crippen LogP contribution in [0.5, 0.6) is 0 Å². The Bertz CT molecular complexity index is 3340. The summed E-state index contributed by atoms with van der Waals surface area (Å²) in [4.78, 5) is 2.48. The van der Waals surface area contributed by atoms with E-state index in [1.807, 2.05) is 18.2 Å². The van der Waals surface area contributed by atoms with Gasteiger partial charge in [-0.2, -0.15) is 5.26 Å². The minimum atomic E-state index is -0.474. The van der Waals surface area contributed by atoms with E-state index >= 15 is 0 Å². The first kappa shape index (κ1) is 38.2. The van der Waals surface area contributed by atoms with E-state index in [4.69, 9.17) is 0 Å². The van der Waals surface area contributed by atoms with Gasteiger partial charge in [-0.25, -0.2) is 0 Å². The monoisotopic (exact) mass is 829 g/mol. The van der Waals surface area contributed by atoms with Crippen LogP contribution in [0, 0.1) is 11.3 Å². The van der Waals surface area contributed by atoms with E-state index in [2.05, 4.69) is 241 Å². The molecule has 1 N–H and O–H groups in total. The van der Waals surface area contributed by atoms with Gasteiger partial charge < -0.3 is 10.2 Å². The van der Waals surface area contributed by atoms with Crippen LogP contribution in [0.15, 0.2) is 243 Å². The van der Waals surface area contributed by atoms with Gasteiger partial charge in [-0.3, -0.25) is 0 Å². The number of allylic oxidation sites excluding steroid dienone is 2. The second-order valence-corrected chi connectivity index (χ2v) is 17.3.